The zero-order valence-electron chi connectivity index (χ0n) is 13.7. The molecule has 6 nitrogen and oxygen atoms in total. The van der Waals surface area contributed by atoms with Crippen LogP contribution in [0.4, 0.5) is 5.69 Å². The molecule has 2 amide bonds. The van der Waals surface area contributed by atoms with Gasteiger partial charge >= 0.3 is 0 Å². The third-order valence-corrected chi connectivity index (χ3v) is 6.22. The normalized spacial score (nSPS) is 19.0. The fourth-order valence-electron chi connectivity index (χ4n) is 2.76. The van der Waals surface area contributed by atoms with Gasteiger partial charge < -0.3 is 9.80 Å². The van der Waals surface area contributed by atoms with Gasteiger partial charge in [0.25, 0.3) is 0 Å². The first-order chi connectivity index (χ1) is 11.2. The molecule has 0 aromatic heterocycles. The number of carbonyl (C=O) groups excluding carboxylic acids is 2. The van der Waals surface area contributed by atoms with Gasteiger partial charge in [-0.25, -0.2) is 8.42 Å². The third kappa shape index (κ3) is 4.70. The molecular weight excluding hydrogens is 352 g/mol. The van der Waals surface area contributed by atoms with E-state index in [2.05, 4.69) is 0 Å². The summed E-state index contributed by atoms with van der Waals surface area (Å²) >= 11 is 5.85. The summed E-state index contributed by atoms with van der Waals surface area (Å²) in [5.41, 5.74) is 0.672. The summed E-state index contributed by atoms with van der Waals surface area (Å²) in [4.78, 5) is 27.2. The van der Waals surface area contributed by atoms with Gasteiger partial charge in [0.05, 0.1) is 11.5 Å². The predicted molar refractivity (Wildman–Crippen MR) is 93.9 cm³/mol. The topological polar surface area (TPSA) is 74.8 Å². The molecule has 1 aliphatic rings. The summed E-state index contributed by atoms with van der Waals surface area (Å²) in [6.45, 7) is 1.67. The van der Waals surface area contributed by atoms with Crippen molar-refractivity contribution in [1.82, 2.24) is 4.90 Å². The van der Waals surface area contributed by atoms with Crippen LogP contribution in [0.3, 0.4) is 0 Å². The van der Waals surface area contributed by atoms with E-state index in [9.17, 15) is 18.0 Å². The van der Waals surface area contributed by atoms with Crippen molar-refractivity contribution in [3.63, 3.8) is 0 Å². The molecule has 1 atom stereocenters. The molecule has 1 aromatic carbocycles. The fourth-order valence-corrected chi connectivity index (χ4v) is 4.66. The van der Waals surface area contributed by atoms with Crippen molar-refractivity contribution < 1.29 is 18.0 Å². The van der Waals surface area contributed by atoms with Crippen molar-refractivity contribution in [3.05, 3.63) is 29.3 Å². The van der Waals surface area contributed by atoms with E-state index < -0.39 is 9.84 Å². The van der Waals surface area contributed by atoms with Gasteiger partial charge in [-0.15, -0.1) is 0 Å². The fraction of sp³-hybridized carbons (Fsp3) is 0.500. The Kier molecular flexibility index (Phi) is 5.87. The molecule has 1 unspecified atom stereocenters. The van der Waals surface area contributed by atoms with Crippen LogP contribution in [0.25, 0.3) is 0 Å². The van der Waals surface area contributed by atoms with Gasteiger partial charge in [-0.1, -0.05) is 11.6 Å². The highest BCUT2D eigenvalue weighted by atomic mass is 35.5. The molecule has 0 N–H and O–H groups in total. The van der Waals surface area contributed by atoms with Crippen LogP contribution in [0.15, 0.2) is 24.3 Å². The Bertz CT molecular complexity index is 718. The Morgan fingerprint density at radius 2 is 1.88 bits per heavy atom. The molecule has 2 rings (SSSR count). The smallest absolute Gasteiger partial charge is 0.224 e. The van der Waals surface area contributed by atoms with Crippen LogP contribution in [-0.4, -0.2) is 56.3 Å². The summed E-state index contributed by atoms with van der Waals surface area (Å²) < 4.78 is 23.1. The maximum absolute atomic E-state index is 12.3. The molecule has 0 saturated carbocycles. The van der Waals surface area contributed by atoms with Gasteiger partial charge in [0.15, 0.2) is 9.84 Å². The number of sulfone groups is 1. The van der Waals surface area contributed by atoms with Gasteiger partial charge in [0.2, 0.25) is 11.8 Å². The van der Waals surface area contributed by atoms with E-state index in [1.807, 2.05) is 0 Å². The SMILES string of the molecule is CC(=O)N(CCC(=O)N(C)C1CCS(=O)(=O)C1)c1ccc(Cl)cc1. The van der Waals surface area contributed by atoms with E-state index in [1.54, 1.807) is 31.3 Å². The quantitative estimate of drug-likeness (QED) is 0.788. The van der Waals surface area contributed by atoms with E-state index >= 15 is 0 Å². The summed E-state index contributed by atoms with van der Waals surface area (Å²) in [7, 11) is -1.42. The third-order valence-electron chi connectivity index (χ3n) is 4.22. The number of amides is 2. The summed E-state index contributed by atoms with van der Waals surface area (Å²) in [6.07, 6.45) is 0.605. The van der Waals surface area contributed by atoms with Crippen LogP contribution in [0, 0.1) is 0 Å². The van der Waals surface area contributed by atoms with Crippen LogP contribution < -0.4 is 4.90 Å². The maximum Gasteiger partial charge on any atom is 0.224 e. The van der Waals surface area contributed by atoms with Gasteiger partial charge in [-0.05, 0) is 30.7 Å². The monoisotopic (exact) mass is 372 g/mol. The second-order valence-corrected chi connectivity index (χ2v) is 8.62. The highest BCUT2D eigenvalue weighted by Gasteiger charge is 2.32. The molecule has 0 aliphatic carbocycles. The molecule has 1 fully saturated rings. The average Bonchev–Trinajstić information content (AvgIpc) is 2.88. The molecule has 1 aliphatic heterocycles. The maximum atomic E-state index is 12.3. The van der Waals surface area contributed by atoms with E-state index in [1.165, 1.54) is 16.7 Å². The van der Waals surface area contributed by atoms with Crippen molar-refractivity contribution in [2.75, 3.05) is 30.0 Å². The highest BCUT2D eigenvalue weighted by Crippen LogP contribution is 2.20. The minimum absolute atomic E-state index is 0.0167. The minimum atomic E-state index is -3.04. The second-order valence-electron chi connectivity index (χ2n) is 5.96. The molecule has 1 saturated heterocycles. The molecule has 1 aromatic rings. The lowest BCUT2D eigenvalue weighted by Crippen LogP contribution is -2.40. The lowest BCUT2D eigenvalue weighted by molar-refractivity contribution is -0.131. The van der Waals surface area contributed by atoms with Crippen LogP contribution in [0.5, 0.6) is 0 Å². The molecule has 132 valence electrons. The van der Waals surface area contributed by atoms with E-state index in [0.29, 0.717) is 17.1 Å². The van der Waals surface area contributed by atoms with Crippen molar-refractivity contribution in [1.29, 1.82) is 0 Å². The number of anilines is 1. The molecule has 24 heavy (non-hydrogen) atoms. The first-order valence-electron chi connectivity index (χ1n) is 7.69. The van der Waals surface area contributed by atoms with E-state index in [0.717, 1.165) is 0 Å². The number of halogens is 1. The Labute approximate surface area is 147 Å². The van der Waals surface area contributed by atoms with Crippen LogP contribution >= 0.6 is 11.6 Å². The van der Waals surface area contributed by atoms with Crippen LogP contribution in [0.1, 0.15) is 19.8 Å². The number of rotatable bonds is 5. The molecule has 0 bridgehead atoms. The van der Waals surface area contributed by atoms with Crippen molar-refractivity contribution in [2.45, 2.75) is 25.8 Å². The standard InChI is InChI=1S/C16H21ClN2O4S/c1-12(20)19(14-5-3-13(17)4-6-14)9-7-16(21)18(2)15-8-10-24(22,23)11-15/h3-6,15H,7-11H2,1-2H3. The number of nitrogens with zero attached hydrogens (tertiary/aromatic N) is 2. The number of hydrogen-bond donors (Lipinski definition) is 0. The zero-order valence-corrected chi connectivity index (χ0v) is 15.3. The minimum Gasteiger partial charge on any atom is -0.342 e. The van der Waals surface area contributed by atoms with Gasteiger partial charge in [-0.2, -0.15) is 0 Å². The van der Waals surface area contributed by atoms with Gasteiger partial charge in [0.1, 0.15) is 0 Å². The molecular formula is C16H21ClN2O4S. The lowest BCUT2D eigenvalue weighted by atomic mass is 10.2. The first kappa shape index (κ1) is 18.7. The van der Waals surface area contributed by atoms with Crippen LogP contribution in [-0.2, 0) is 19.4 Å². The molecule has 1 heterocycles. The largest absolute Gasteiger partial charge is 0.342 e. The summed E-state index contributed by atoms with van der Waals surface area (Å²) in [5, 5.41) is 0.570. The van der Waals surface area contributed by atoms with Crippen LogP contribution in [0.2, 0.25) is 5.02 Å². The van der Waals surface area contributed by atoms with Gasteiger partial charge in [0, 0.05) is 43.7 Å². The Morgan fingerprint density at radius 3 is 2.38 bits per heavy atom. The van der Waals surface area contributed by atoms with E-state index in [4.69, 9.17) is 11.6 Å². The molecule has 0 radical (unpaired) electrons. The number of hydrogen-bond acceptors (Lipinski definition) is 4. The van der Waals surface area contributed by atoms with Crippen molar-refractivity contribution in [3.8, 4) is 0 Å². The lowest BCUT2D eigenvalue weighted by Gasteiger charge is -2.26. The number of benzene rings is 1. The average molecular weight is 373 g/mol. The van der Waals surface area contributed by atoms with Gasteiger partial charge in [-0.3, -0.25) is 9.59 Å². The van der Waals surface area contributed by atoms with Crippen molar-refractivity contribution >= 4 is 38.9 Å². The Hall–Kier alpha value is -1.60. The summed E-state index contributed by atoms with van der Waals surface area (Å²) in [5.74, 6) is -0.198. The Morgan fingerprint density at radius 1 is 1.25 bits per heavy atom. The van der Waals surface area contributed by atoms with Crippen molar-refractivity contribution in [2.24, 2.45) is 0 Å². The summed E-state index contributed by atoms with van der Waals surface area (Å²) in [6, 6.07) is 6.54. The molecule has 8 heteroatoms. The van der Waals surface area contributed by atoms with E-state index in [-0.39, 0.29) is 42.3 Å². The Balaban J connectivity index is 1.97. The highest BCUT2D eigenvalue weighted by molar-refractivity contribution is 7.91. The molecule has 0 spiro atoms. The number of carbonyl (C=O) groups is 2. The zero-order chi connectivity index (χ0) is 17.9. The predicted octanol–water partition coefficient (Wildman–Crippen LogP) is 1.73. The first-order valence-corrected chi connectivity index (χ1v) is 9.89. The second kappa shape index (κ2) is 7.53.